The molecule has 0 saturated heterocycles. The average Bonchev–Trinajstić information content (AvgIpc) is 2.66. The van der Waals surface area contributed by atoms with Crippen molar-refractivity contribution in [2.45, 2.75) is 39.3 Å². The van der Waals surface area contributed by atoms with E-state index < -0.39 is 0 Å². The summed E-state index contributed by atoms with van der Waals surface area (Å²) in [6.07, 6.45) is 6.92. The van der Waals surface area contributed by atoms with Crippen molar-refractivity contribution in [3.63, 3.8) is 0 Å². The van der Waals surface area contributed by atoms with Crippen LogP contribution in [0, 0.1) is 0 Å². The van der Waals surface area contributed by atoms with Crippen LogP contribution in [0.3, 0.4) is 0 Å². The lowest BCUT2D eigenvalue weighted by Gasteiger charge is -2.23. The van der Waals surface area contributed by atoms with Gasteiger partial charge in [-0.1, -0.05) is 0 Å². The van der Waals surface area contributed by atoms with Gasteiger partial charge in [0.15, 0.2) is 0 Å². The highest BCUT2D eigenvalue weighted by atomic mass is 15.1. The first-order valence-corrected chi connectivity index (χ1v) is 5.29. The molecule has 1 unspecified atom stereocenters. The van der Waals surface area contributed by atoms with E-state index in [0.717, 1.165) is 6.54 Å². The van der Waals surface area contributed by atoms with E-state index in [-0.39, 0.29) is 0 Å². The third-order valence-corrected chi connectivity index (χ3v) is 2.81. The molecular formula is C11H21N3. The van der Waals surface area contributed by atoms with Crippen molar-refractivity contribution in [3.8, 4) is 0 Å². The van der Waals surface area contributed by atoms with Gasteiger partial charge >= 0.3 is 0 Å². The van der Waals surface area contributed by atoms with Crippen LogP contribution in [-0.2, 0) is 0 Å². The lowest BCUT2D eigenvalue weighted by molar-refractivity contribution is 0.254. The Morgan fingerprint density at radius 3 is 2.57 bits per heavy atom. The Kier molecular flexibility index (Phi) is 4.14. The minimum Gasteiger partial charge on any atom is -0.335 e. The molecule has 3 heteroatoms. The second kappa shape index (κ2) is 5.15. The minimum atomic E-state index is 0.540. The van der Waals surface area contributed by atoms with E-state index in [1.54, 1.807) is 0 Å². The lowest BCUT2D eigenvalue weighted by atomic mass is 10.2. The smallest absolute Gasteiger partial charge is 0.0948 e. The zero-order valence-corrected chi connectivity index (χ0v) is 9.64. The molecule has 0 aromatic carbocycles. The molecule has 1 aromatic heterocycles. The van der Waals surface area contributed by atoms with Gasteiger partial charge < -0.3 is 9.47 Å². The molecule has 80 valence electrons. The van der Waals surface area contributed by atoms with E-state index in [1.165, 1.54) is 6.42 Å². The van der Waals surface area contributed by atoms with Crippen molar-refractivity contribution in [2.75, 3.05) is 13.6 Å². The van der Waals surface area contributed by atoms with Crippen LogP contribution in [0.15, 0.2) is 18.7 Å². The van der Waals surface area contributed by atoms with Gasteiger partial charge in [-0.3, -0.25) is 0 Å². The molecule has 0 saturated carbocycles. The molecule has 0 aliphatic rings. The van der Waals surface area contributed by atoms with Crippen molar-refractivity contribution in [3.05, 3.63) is 18.7 Å². The summed E-state index contributed by atoms with van der Waals surface area (Å²) >= 11 is 0. The van der Waals surface area contributed by atoms with Gasteiger partial charge in [0.05, 0.1) is 6.33 Å². The van der Waals surface area contributed by atoms with Crippen molar-refractivity contribution in [1.82, 2.24) is 14.5 Å². The summed E-state index contributed by atoms with van der Waals surface area (Å²) in [7, 11) is 2.17. The first kappa shape index (κ1) is 11.2. The molecule has 0 aliphatic heterocycles. The first-order chi connectivity index (χ1) is 6.61. The highest BCUT2D eigenvalue weighted by molar-refractivity contribution is 4.79. The molecule has 3 nitrogen and oxygen atoms in total. The van der Waals surface area contributed by atoms with Gasteiger partial charge in [-0.05, 0) is 34.2 Å². The Morgan fingerprint density at radius 1 is 1.36 bits per heavy atom. The van der Waals surface area contributed by atoms with Crippen LogP contribution in [0.2, 0.25) is 0 Å². The Labute approximate surface area is 86.7 Å². The molecule has 0 aliphatic carbocycles. The highest BCUT2D eigenvalue weighted by Crippen LogP contribution is 2.10. The van der Waals surface area contributed by atoms with Crippen LogP contribution in [0.1, 0.15) is 33.2 Å². The maximum Gasteiger partial charge on any atom is 0.0948 e. The molecule has 0 amide bonds. The van der Waals surface area contributed by atoms with Gasteiger partial charge in [-0.15, -0.1) is 0 Å². The SMILES string of the molecule is CC(C)N(C)CCC(C)n1ccnc1. The highest BCUT2D eigenvalue weighted by Gasteiger charge is 2.07. The number of imidazole rings is 1. The number of hydrogen-bond donors (Lipinski definition) is 0. The standard InChI is InChI=1S/C11H21N3/c1-10(2)13(4)7-5-11(3)14-8-6-12-9-14/h6,8-11H,5,7H2,1-4H3. The molecule has 1 rings (SSSR count). The molecule has 0 fully saturated rings. The maximum atomic E-state index is 4.05. The predicted molar refractivity (Wildman–Crippen MR) is 59.3 cm³/mol. The Morgan fingerprint density at radius 2 is 2.07 bits per heavy atom. The fourth-order valence-electron chi connectivity index (χ4n) is 1.33. The summed E-state index contributed by atoms with van der Waals surface area (Å²) in [6.45, 7) is 7.82. The van der Waals surface area contributed by atoms with Crippen LogP contribution in [-0.4, -0.2) is 34.1 Å². The van der Waals surface area contributed by atoms with E-state index in [9.17, 15) is 0 Å². The molecule has 0 radical (unpaired) electrons. The van der Waals surface area contributed by atoms with Crippen molar-refractivity contribution >= 4 is 0 Å². The Balaban J connectivity index is 2.32. The zero-order valence-electron chi connectivity index (χ0n) is 9.64. The largest absolute Gasteiger partial charge is 0.335 e. The van der Waals surface area contributed by atoms with Crippen molar-refractivity contribution in [1.29, 1.82) is 0 Å². The van der Waals surface area contributed by atoms with E-state index in [0.29, 0.717) is 12.1 Å². The maximum absolute atomic E-state index is 4.05. The zero-order chi connectivity index (χ0) is 10.6. The van der Waals surface area contributed by atoms with E-state index in [2.05, 4.69) is 42.3 Å². The summed E-state index contributed by atoms with van der Waals surface area (Å²) in [5, 5.41) is 0. The third-order valence-electron chi connectivity index (χ3n) is 2.81. The Bertz CT molecular complexity index is 241. The molecule has 0 bridgehead atoms. The number of aromatic nitrogens is 2. The topological polar surface area (TPSA) is 21.1 Å². The lowest BCUT2D eigenvalue weighted by Crippen LogP contribution is -2.28. The summed E-state index contributed by atoms with van der Waals surface area (Å²) in [4.78, 5) is 6.42. The summed E-state index contributed by atoms with van der Waals surface area (Å²) in [6, 6.07) is 1.17. The van der Waals surface area contributed by atoms with E-state index in [4.69, 9.17) is 0 Å². The van der Waals surface area contributed by atoms with Crippen molar-refractivity contribution in [2.24, 2.45) is 0 Å². The van der Waals surface area contributed by atoms with Crippen LogP contribution >= 0.6 is 0 Å². The van der Waals surface area contributed by atoms with Crippen LogP contribution in [0.4, 0.5) is 0 Å². The average molecular weight is 195 g/mol. The van der Waals surface area contributed by atoms with Crippen molar-refractivity contribution < 1.29 is 0 Å². The molecule has 14 heavy (non-hydrogen) atoms. The van der Waals surface area contributed by atoms with Gasteiger partial charge in [0, 0.05) is 31.0 Å². The number of rotatable bonds is 5. The monoisotopic (exact) mass is 195 g/mol. The van der Waals surface area contributed by atoms with Gasteiger partial charge in [-0.25, -0.2) is 4.98 Å². The molecule has 0 N–H and O–H groups in total. The van der Waals surface area contributed by atoms with E-state index >= 15 is 0 Å². The molecule has 1 heterocycles. The predicted octanol–water partition coefficient (Wildman–Crippen LogP) is 2.17. The van der Waals surface area contributed by atoms with Gasteiger partial charge in [-0.2, -0.15) is 0 Å². The molecular weight excluding hydrogens is 174 g/mol. The van der Waals surface area contributed by atoms with Gasteiger partial charge in [0.2, 0.25) is 0 Å². The van der Waals surface area contributed by atoms with Crippen LogP contribution in [0.5, 0.6) is 0 Å². The number of hydrogen-bond acceptors (Lipinski definition) is 2. The first-order valence-electron chi connectivity index (χ1n) is 5.29. The summed E-state index contributed by atoms with van der Waals surface area (Å²) < 4.78 is 2.16. The Hall–Kier alpha value is -0.830. The van der Waals surface area contributed by atoms with Crippen LogP contribution < -0.4 is 0 Å². The molecule has 1 atom stereocenters. The van der Waals surface area contributed by atoms with Gasteiger partial charge in [0.25, 0.3) is 0 Å². The fourth-order valence-corrected chi connectivity index (χ4v) is 1.33. The van der Waals surface area contributed by atoms with Gasteiger partial charge in [0.1, 0.15) is 0 Å². The summed E-state index contributed by atoms with van der Waals surface area (Å²) in [5.41, 5.74) is 0. The number of nitrogens with zero attached hydrogens (tertiary/aromatic N) is 3. The minimum absolute atomic E-state index is 0.540. The molecule has 0 spiro atoms. The molecule has 1 aromatic rings. The second-order valence-corrected chi connectivity index (χ2v) is 4.22. The quantitative estimate of drug-likeness (QED) is 0.718. The summed E-state index contributed by atoms with van der Waals surface area (Å²) in [5.74, 6) is 0. The fraction of sp³-hybridized carbons (Fsp3) is 0.727. The van der Waals surface area contributed by atoms with E-state index in [1.807, 2.05) is 18.7 Å². The second-order valence-electron chi connectivity index (χ2n) is 4.22. The normalized spacial score (nSPS) is 13.9. The van der Waals surface area contributed by atoms with Crippen LogP contribution in [0.25, 0.3) is 0 Å². The third kappa shape index (κ3) is 3.14.